The normalized spacial score (nSPS) is 11.9. The number of rotatable bonds is 4. The Morgan fingerprint density at radius 2 is 2.04 bits per heavy atom. The van der Waals surface area contributed by atoms with Gasteiger partial charge in [0.05, 0.1) is 17.9 Å². The first-order valence-electron chi connectivity index (χ1n) is 7.31. The Morgan fingerprint density at radius 3 is 2.64 bits per heavy atom. The molecule has 0 aliphatic carbocycles. The van der Waals surface area contributed by atoms with Crippen LogP contribution in [0.3, 0.4) is 0 Å². The molecule has 0 saturated carbocycles. The number of nitrogens with zero attached hydrogens (tertiary/aromatic N) is 4. The predicted molar refractivity (Wildman–Crippen MR) is 87.4 cm³/mol. The van der Waals surface area contributed by atoms with Crippen molar-refractivity contribution in [1.29, 1.82) is 0 Å². The molecule has 3 aromatic rings. The maximum absolute atomic E-state index is 13.3. The van der Waals surface area contributed by atoms with E-state index in [-0.39, 0.29) is 28.8 Å². The highest BCUT2D eigenvalue weighted by atomic mass is 35.5. The Balaban J connectivity index is 2.06. The van der Waals surface area contributed by atoms with Crippen molar-refractivity contribution < 1.29 is 13.6 Å². The van der Waals surface area contributed by atoms with Crippen LogP contribution in [0.4, 0.5) is 8.78 Å². The molecule has 0 fully saturated rings. The molecule has 0 radical (unpaired) electrons. The number of hydrogen-bond acceptors (Lipinski definition) is 4. The zero-order valence-corrected chi connectivity index (χ0v) is 14.1. The maximum Gasteiger partial charge on any atom is 0.288 e. The Kier molecular flexibility index (Phi) is 4.16. The molecule has 0 amide bonds. The first-order chi connectivity index (χ1) is 11.7. The molecule has 0 aliphatic rings. The topological polar surface area (TPSA) is 69.3 Å². The van der Waals surface area contributed by atoms with Crippen molar-refractivity contribution >= 4 is 23.0 Å². The highest BCUT2D eigenvalue weighted by molar-refractivity contribution is 6.29. The third-order valence-electron chi connectivity index (χ3n) is 3.59. The largest absolute Gasteiger partial charge is 0.293 e. The van der Waals surface area contributed by atoms with Crippen molar-refractivity contribution in [1.82, 2.24) is 19.2 Å². The lowest BCUT2D eigenvalue weighted by molar-refractivity contribution is 0.0121. The highest BCUT2D eigenvalue weighted by Gasteiger charge is 2.29. The summed E-state index contributed by atoms with van der Waals surface area (Å²) in [6.07, 6.45) is 0. The average Bonchev–Trinajstić information content (AvgIpc) is 2.87. The van der Waals surface area contributed by atoms with Crippen LogP contribution in [0, 0.1) is 0 Å². The van der Waals surface area contributed by atoms with E-state index in [0.717, 1.165) is 17.7 Å². The smallest absolute Gasteiger partial charge is 0.288 e. The molecule has 0 aromatic carbocycles. The van der Waals surface area contributed by atoms with Gasteiger partial charge in [-0.25, -0.2) is 9.67 Å². The Labute approximate surface area is 145 Å². The molecule has 0 atom stereocenters. The molecule has 0 saturated heterocycles. The molecule has 0 unspecified atom stereocenters. The van der Waals surface area contributed by atoms with Gasteiger partial charge in [0.1, 0.15) is 16.5 Å². The van der Waals surface area contributed by atoms with E-state index in [4.69, 9.17) is 11.6 Å². The maximum atomic E-state index is 13.3. The Bertz CT molecular complexity index is 1040. The summed E-state index contributed by atoms with van der Waals surface area (Å²) >= 11 is 5.94. The summed E-state index contributed by atoms with van der Waals surface area (Å²) in [7, 11) is 0. The molecular formula is C16H13ClF2N4O2. The molecular weight excluding hydrogens is 354 g/mol. The minimum Gasteiger partial charge on any atom is -0.293 e. The molecule has 130 valence electrons. The fourth-order valence-electron chi connectivity index (χ4n) is 2.43. The van der Waals surface area contributed by atoms with Crippen molar-refractivity contribution in [2.24, 2.45) is 0 Å². The van der Waals surface area contributed by atoms with Gasteiger partial charge in [-0.3, -0.25) is 14.0 Å². The predicted octanol–water partition coefficient (Wildman–Crippen LogP) is 2.91. The van der Waals surface area contributed by atoms with Gasteiger partial charge in [0.15, 0.2) is 5.78 Å². The third kappa shape index (κ3) is 3.30. The van der Waals surface area contributed by atoms with Crippen LogP contribution in [0.25, 0.3) is 5.65 Å². The fraction of sp³-hybridized carbons (Fsp3) is 0.250. The van der Waals surface area contributed by atoms with Gasteiger partial charge in [0, 0.05) is 26.0 Å². The van der Waals surface area contributed by atoms with Crippen LogP contribution in [0.1, 0.15) is 35.7 Å². The standard InChI is InChI=1S/C16H13ClF2N4O2/c1-9(24)11-4-3-5-14-20-10(6-15(25)23(11)14)8-22-13(17)7-12(21-22)16(2,18)19/h3-7H,8H2,1-2H3. The van der Waals surface area contributed by atoms with Crippen LogP contribution in [-0.4, -0.2) is 24.9 Å². The zero-order valence-electron chi connectivity index (χ0n) is 13.3. The van der Waals surface area contributed by atoms with Crippen molar-refractivity contribution in [2.45, 2.75) is 26.3 Å². The average molecular weight is 367 g/mol. The number of alkyl halides is 2. The first kappa shape index (κ1) is 17.2. The Morgan fingerprint density at radius 1 is 1.32 bits per heavy atom. The number of Topliss-reactive ketones (excluding diaryl/α,β-unsaturated/α-hetero) is 1. The molecule has 0 bridgehead atoms. The van der Waals surface area contributed by atoms with Gasteiger partial charge in [-0.1, -0.05) is 17.7 Å². The lowest BCUT2D eigenvalue weighted by Gasteiger charge is -2.08. The van der Waals surface area contributed by atoms with E-state index < -0.39 is 17.2 Å². The summed E-state index contributed by atoms with van der Waals surface area (Å²) in [5.41, 5.74) is -0.128. The second-order valence-corrected chi connectivity index (χ2v) is 6.03. The van der Waals surface area contributed by atoms with Crippen LogP contribution < -0.4 is 5.56 Å². The summed E-state index contributed by atoms with van der Waals surface area (Å²) in [4.78, 5) is 28.3. The summed E-state index contributed by atoms with van der Waals surface area (Å²) in [6.45, 7) is 2.02. The molecule has 0 spiro atoms. The number of carbonyl (C=O) groups excluding carboxylic acids is 1. The van der Waals surface area contributed by atoms with E-state index in [2.05, 4.69) is 10.1 Å². The van der Waals surface area contributed by atoms with Crippen molar-refractivity contribution in [3.05, 3.63) is 62.9 Å². The van der Waals surface area contributed by atoms with Gasteiger partial charge in [-0.2, -0.15) is 13.9 Å². The monoisotopic (exact) mass is 366 g/mol. The minimum atomic E-state index is -3.12. The molecule has 3 aromatic heterocycles. The van der Waals surface area contributed by atoms with Crippen LogP contribution in [0.5, 0.6) is 0 Å². The van der Waals surface area contributed by atoms with Gasteiger partial charge in [-0.05, 0) is 12.1 Å². The minimum absolute atomic E-state index is 0.0102. The van der Waals surface area contributed by atoms with E-state index in [0.29, 0.717) is 5.69 Å². The van der Waals surface area contributed by atoms with Crippen LogP contribution in [0.15, 0.2) is 35.1 Å². The SMILES string of the molecule is CC(=O)c1cccc2nc(Cn3nc(C(C)(F)F)cc3Cl)cc(=O)n12. The fourth-order valence-corrected chi connectivity index (χ4v) is 2.63. The quantitative estimate of drug-likeness (QED) is 0.666. The second kappa shape index (κ2) is 6.03. The van der Waals surface area contributed by atoms with Gasteiger partial charge in [0.2, 0.25) is 0 Å². The highest BCUT2D eigenvalue weighted by Crippen LogP contribution is 2.28. The first-order valence-corrected chi connectivity index (χ1v) is 7.69. The molecule has 3 heterocycles. The number of fused-ring (bicyclic) bond motifs is 1. The van der Waals surface area contributed by atoms with E-state index in [9.17, 15) is 18.4 Å². The number of pyridine rings is 1. The summed E-state index contributed by atoms with van der Waals surface area (Å²) in [5.74, 6) is -3.39. The number of aromatic nitrogens is 4. The second-order valence-electron chi connectivity index (χ2n) is 5.64. The van der Waals surface area contributed by atoms with Crippen LogP contribution in [-0.2, 0) is 12.5 Å². The lowest BCUT2D eigenvalue weighted by Crippen LogP contribution is -2.21. The van der Waals surface area contributed by atoms with Crippen LogP contribution in [0.2, 0.25) is 5.15 Å². The van der Waals surface area contributed by atoms with Crippen molar-refractivity contribution in [2.75, 3.05) is 0 Å². The number of hydrogen-bond donors (Lipinski definition) is 0. The van der Waals surface area contributed by atoms with Crippen molar-refractivity contribution in [3.8, 4) is 0 Å². The van der Waals surface area contributed by atoms with Gasteiger partial charge in [-0.15, -0.1) is 0 Å². The number of halogens is 3. The van der Waals surface area contributed by atoms with E-state index >= 15 is 0 Å². The summed E-state index contributed by atoms with van der Waals surface area (Å²) in [6, 6.07) is 7.01. The van der Waals surface area contributed by atoms with Gasteiger partial charge >= 0.3 is 0 Å². The molecule has 3 rings (SSSR count). The van der Waals surface area contributed by atoms with Crippen molar-refractivity contribution in [3.63, 3.8) is 0 Å². The van der Waals surface area contributed by atoms with E-state index in [1.54, 1.807) is 12.1 Å². The lowest BCUT2D eigenvalue weighted by atomic mass is 10.2. The molecule has 0 aliphatic heterocycles. The number of ketones is 1. The molecule has 0 N–H and O–H groups in total. The van der Waals surface area contributed by atoms with Gasteiger partial charge in [0.25, 0.3) is 11.5 Å². The third-order valence-corrected chi connectivity index (χ3v) is 3.90. The summed E-state index contributed by atoms with van der Waals surface area (Å²) < 4.78 is 29.0. The molecule has 25 heavy (non-hydrogen) atoms. The summed E-state index contributed by atoms with van der Waals surface area (Å²) in [5, 5.41) is 3.77. The zero-order chi connectivity index (χ0) is 18.4. The molecule has 6 nitrogen and oxygen atoms in total. The van der Waals surface area contributed by atoms with Crippen LogP contribution >= 0.6 is 11.6 Å². The van der Waals surface area contributed by atoms with Gasteiger partial charge < -0.3 is 0 Å². The van der Waals surface area contributed by atoms with E-state index in [1.165, 1.54) is 23.5 Å². The number of carbonyl (C=O) groups is 1. The molecule has 9 heteroatoms. The Hall–Kier alpha value is -2.61. The van der Waals surface area contributed by atoms with E-state index in [1.807, 2.05) is 0 Å².